The van der Waals surface area contributed by atoms with Crippen LogP contribution in [0.25, 0.3) is 0 Å². The first-order valence-electron chi connectivity index (χ1n) is 5.64. The van der Waals surface area contributed by atoms with Gasteiger partial charge in [0.15, 0.2) is 6.61 Å². The molecule has 0 aliphatic rings. The Morgan fingerprint density at radius 3 is 2.79 bits per heavy atom. The van der Waals surface area contributed by atoms with E-state index < -0.39 is 0 Å². The first-order valence-corrected chi connectivity index (χ1v) is 6.01. The number of aromatic nitrogens is 1. The number of halogens is 1. The Bertz CT molecular complexity index is 619. The average molecular weight is 278 g/mol. The van der Waals surface area contributed by atoms with Gasteiger partial charge in [0.1, 0.15) is 12.0 Å². The van der Waals surface area contributed by atoms with Crippen LogP contribution in [0.15, 0.2) is 36.5 Å². The van der Waals surface area contributed by atoms with E-state index in [9.17, 15) is 9.59 Å². The van der Waals surface area contributed by atoms with Crippen molar-refractivity contribution in [1.82, 2.24) is 4.57 Å². The summed E-state index contributed by atoms with van der Waals surface area (Å²) in [5.74, 6) is 0.248. The summed E-state index contributed by atoms with van der Waals surface area (Å²) in [4.78, 5) is 22.5. The van der Waals surface area contributed by atoms with Crippen molar-refractivity contribution < 1.29 is 14.3 Å². The Kier molecular flexibility index (Phi) is 4.02. The molecule has 0 bridgehead atoms. The molecule has 0 unspecified atom stereocenters. The lowest BCUT2D eigenvalue weighted by Gasteiger charge is -2.08. The zero-order chi connectivity index (χ0) is 13.8. The van der Waals surface area contributed by atoms with Gasteiger partial charge in [-0.25, -0.2) is 0 Å². The number of rotatable bonds is 5. The standard InChI is InChI=1S/C14H12ClNO3/c1-16-6-2-3-12(16)13(18)9-19-14-5-4-10(8-17)7-11(14)15/h2-8H,9H2,1H3. The molecule has 0 fully saturated rings. The SMILES string of the molecule is Cn1cccc1C(=O)COc1ccc(C=O)cc1Cl. The first-order chi connectivity index (χ1) is 9.11. The lowest BCUT2D eigenvalue weighted by molar-refractivity contribution is 0.0913. The van der Waals surface area contributed by atoms with Gasteiger partial charge in [-0.15, -0.1) is 0 Å². The Labute approximate surface area is 115 Å². The quantitative estimate of drug-likeness (QED) is 0.624. The van der Waals surface area contributed by atoms with Crippen LogP contribution < -0.4 is 4.74 Å². The second kappa shape index (κ2) is 5.71. The van der Waals surface area contributed by atoms with Crippen molar-refractivity contribution in [2.75, 3.05) is 6.61 Å². The van der Waals surface area contributed by atoms with E-state index in [0.717, 1.165) is 0 Å². The number of hydrogen-bond donors (Lipinski definition) is 0. The Hall–Kier alpha value is -2.07. The molecule has 0 radical (unpaired) electrons. The Balaban J connectivity index is 2.05. The van der Waals surface area contributed by atoms with Gasteiger partial charge in [-0.3, -0.25) is 9.59 Å². The highest BCUT2D eigenvalue weighted by atomic mass is 35.5. The van der Waals surface area contributed by atoms with Crippen molar-refractivity contribution in [3.05, 3.63) is 52.8 Å². The summed E-state index contributed by atoms with van der Waals surface area (Å²) in [6.45, 7) is -0.0992. The maximum absolute atomic E-state index is 11.9. The summed E-state index contributed by atoms with van der Waals surface area (Å²) in [5, 5.41) is 0.310. The van der Waals surface area contributed by atoms with Crippen molar-refractivity contribution in [3.63, 3.8) is 0 Å². The van der Waals surface area contributed by atoms with Crippen LogP contribution in [0.4, 0.5) is 0 Å². The van der Waals surface area contributed by atoms with Crippen LogP contribution in [-0.2, 0) is 7.05 Å². The molecule has 1 aromatic heterocycles. The number of benzene rings is 1. The fraction of sp³-hybridized carbons (Fsp3) is 0.143. The molecule has 0 atom stereocenters. The first kappa shape index (κ1) is 13.4. The summed E-state index contributed by atoms with van der Waals surface area (Å²) in [6, 6.07) is 8.17. The molecule has 0 amide bonds. The summed E-state index contributed by atoms with van der Waals surface area (Å²) >= 11 is 5.95. The van der Waals surface area contributed by atoms with Crippen molar-refractivity contribution in [3.8, 4) is 5.75 Å². The number of Topliss-reactive ketones (excluding diaryl/α,β-unsaturated/α-hetero) is 1. The van der Waals surface area contributed by atoms with Gasteiger partial charge in [0.25, 0.3) is 0 Å². The van der Waals surface area contributed by atoms with Gasteiger partial charge in [-0.1, -0.05) is 11.6 Å². The minimum Gasteiger partial charge on any atom is -0.484 e. The molecule has 2 rings (SSSR count). The number of aryl methyl sites for hydroxylation is 1. The maximum Gasteiger partial charge on any atom is 0.216 e. The van der Waals surface area contributed by atoms with Crippen LogP contribution in [0, 0.1) is 0 Å². The Morgan fingerprint density at radius 1 is 1.42 bits per heavy atom. The van der Waals surface area contributed by atoms with E-state index in [4.69, 9.17) is 16.3 Å². The molecule has 0 aliphatic heterocycles. The normalized spacial score (nSPS) is 10.2. The maximum atomic E-state index is 11.9. The van der Waals surface area contributed by atoms with Crippen molar-refractivity contribution in [1.29, 1.82) is 0 Å². The minimum atomic E-state index is -0.136. The van der Waals surface area contributed by atoms with Crippen molar-refractivity contribution in [2.24, 2.45) is 7.05 Å². The highest BCUT2D eigenvalue weighted by Gasteiger charge is 2.11. The third-order valence-corrected chi connectivity index (χ3v) is 2.98. The number of hydrogen-bond acceptors (Lipinski definition) is 3. The van der Waals surface area contributed by atoms with Gasteiger partial charge in [0.05, 0.1) is 10.7 Å². The third-order valence-electron chi connectivity index (χ3n) is 2.68. The van der Waals surface area contributed by atoms with Crippen LogP contribution in [0.5, 0.6) is 5.75 Å². The van der Waals surface area contributed by atoms with E-state index in [1.165, 1.54) is 6.07 Å². The van der Waals surface area contributed by atoms with E-state index in [1.54, 1.807) is 42.1 Å². The molecule has 98 valence electrons. The van der Waals surface area contributed by atoms with E-state index in [2.05, 4.69) is 0 Å². The fourth-order valence-corrected chi connectivity index (χ4v) is 1.92. The van der Waals surface area contributed by atoms with Gasteiger partial charge in [0.2, 0.25) is 5.78 Å². The third kappa shape index (κ3) is 3.03. The van der Waals surface area contributed by atoms with Crippen LogP contribution >= 0.6 is 11.6 Å². The second-order valence-corrected chi connectivity index (χ2v) is 4.43. The molecule has 0 saturated heterocycles. The van der Waals surface area contributed by atoms with Crippen molar-refractivity contribution >= 4 is 23.7 Å². The number of aldehydes is 1. The lowest BCUT2D eigenvalue weighted by atomic mass is 10.2. The molecule has 19 heavy (non-hydrogen) atoms. The fourth-order valence-electron chi connectivity index (χ4n) is 1.68. The van der Waals surface area contributed by atoms with Gasteiger partial charge in [-0.05, 0) is 30.3 Å². The number of nitrogens with zero attached hydrogens (tertiary/aromatic N) is 1. The smallest absolute Gasteiger partial charge is 0.216 e. The number of carbonyl (C=O) groups excluding carboxylic acids is 2. The number of ether oxygens (including phenoxy) is 1. The number of ketones is 1. The molecule has 5 heteroatoms. The summed E-state index contributed by atoms with van der Waals surface area (Å²) < 4.78 is 7.09. The Morgan fingerprint density at radius 2 is 2.21 bits per heavy atom. The van der Waals surface area contributed by atoms with Gasteiger partial charge in [-0.2, -0.15) is 0 Å². The molecule has 0 aliphatic carbocycles. The molecule has 1 aromatic carbocycles. The van der Waals surface area contributed by atoms with Gasteiger partial charge >= 0.3 is 0 Å². The largest absolute Gasteiger partial charge is 0.484 e. The van der Waals surface area contributed by atoms with E-state index in [0.29, 0.717) is 28.3 Å². The van der Waals surface area contributed by atoms with Crippen LogP contribution in [0.2, 0.25) is 5.02 Å². The zero-order valence-electron chi connectivity index (χ0n) is 10.3. The highest BCUT2D eigenvalue weighted by molar-refractivity contribution is 6.32. The second-order valence-electron chi connectivity index (χ2n) is 4.02. The molecule has 2 aromatic rings. The monoisotopic (exact) mass is 277 g/mol. The average Bonchev–Trinajstić information content (AvgIpc) is 2.83. The van der Waals surface area contributed by atoms with Crippen LogP contribution in [0.3, 0.4) is 0 Å². The molecular weight excluding hydrogens is 266 g/mol. The molecule has 1 heterocycles. The molecule has 4 nitrogen and oxygen atoms in total. The van der Waals surface area contributed by atoms with E-state index in [1.807, 2.05) is 0 Å². The predicted molar refractivity (Wildman–Crippen MR) is 72.1 cm³/mol. The molecule has 0 N–H and O–H groups in total. The topological polar surface area (TPSA) is 48.3 Å². The van der Waals surface area contributed by atoms with Crippen molar-refractivity contribution in [2.45, 2.75) is 0 Å². The lowest BCUT2D eigenvalue weighted by Crippen LogP contribution is -2.14. The molecular formula is C14H12ClNO3. The van der Waals surface area contributed by atoms with Crippen LogP contribution in [-0.4, -0.2) is 23.2 Å². The summed E-state index contributed by atoms with van der Waals surface area (Å²) in [5.41, 5.74) is 1.03. The summed E-state index contributed by atoms with van der Waals surface area (Å²) in [7, 11) is 1.79. The molecule has 0 saturated carbocycles. The van der Waals surface area contributed by atoms with Crippen LogP contribution in [0.1, 0.15) is 20.8 Å². The zero-order valence-corrected chi connectivity index (χ0v) is 11.1. The molecule has 0 spiro atoms. The van der Waals surface area contributed by atoms with E-state index >= 15 is 0 Å². The number of carbonyl (C=O) groups is 2. The van der Waals surface area contributed by atoms with Gasteiger partial charge in [0, 0.05) is 18.8 Å². The minimum absolute atomic E-state index is 0.0992. The summed E-state index contributed by atoms with van der Waals surface area (Å²) in [6.07, 6.45) is 2.49. The predicted octanol–water partition coefficient (Wildman–Crippen LogP) is 2.75. The highest BCUT2D eigenvalue weighted by Crippen LogP contribution is 2.25. The van der Waals surface area contributed by atoms with E-state index in [-0.39, 0.29) is 12.4 Å². The van der Waals surface area contributed by atoms with Gasteiger partial charge < -0.3 is 9.30 Å².